The zero-order valence-electron chi connectivity index (χ0n) is 10.6. The number of rotatable bonds is 2. The Balaban J connectivity index is 2.32. The van der Waals surface area contributed by atoms with E-state index in [2.05, 4.69) is 5.32 Å². The molecule has 1 heterocycles. The molecule has 1 aromatic carbocycles. The summed E-state index contributed by atoms with van der Waals surface area (Å²) in [5, 5.41) is 3.34. The number of aryl methyl sites for hydroxylation is 1. The summed E-state index contributed by atoms with van der Waals surface area (Å²) in [6.45, 7) is 2.00. The second kappa shape index (κ2) is 4.78. The number of amides is 1. The van der Waals surface area contributed by atoms with Crippen molar-refractivity contribution in [2.75, 3.05) is 19.0 Å². The van der Waals surface area contributed by atoms with Crippen LogP contribution in [0.2, 0.25) is 0 Å². The molecule has 1 fully saturated rings. The van der Waals surface area contributed by atoms with E-state index in [0.29, 0.717) is 10.8 Å². The van der Waals surface area contributed by atoms with Crippen LogP contribution < -0.4 is 10.2 Å². The molecule has 1 amide bonds. The highest BCUT2D eigenvalue weighted by Crippen LogP contribution is 2.21. The van der Waals surface area contributed by atoms with Crippen LogP contribution in [0.1, 0.15) is 5.56 Å². The van der Waals surface area contributed by atoms with Gasteiger partial charge in [0.05, 0.1) is 5.69 Å². The highest BCUT2D eigenvalue weighted by atomic mass is 32.1. The Hall–Kier alpha value is -1.88. The summed E-state index contributed by atoms with van der Waals surface area (Å²) in [5.74, 6) is -0.127. The van der Waals surface area contributed by atoms with Crippen LogP contribution in [0, 0.1) is 6.92 Å². The first-order valence-electron chi connectivity index (χ1n) is 5.59. The van der Waals surface area contributed by atoms with Gasteiger partial charge in [-0.3, -0.25) is 9.69 Å². The fraction of sp³-hybridized carbons (Fsp3) is 0.231. The third-order valence-electron chi connectivity index (χ3n) is 2.56. The lowest BCUT2D eigenvalue weighted by atomic mass is 10.2. The lowest BCUT2D eigenvalue weighted by molar-refractivity contribution is -0.113. The normalized spacial score (nSPS) is 17.3. The fourth-order valence-corrected chi connectivity index (χ4v) is 2.01. The van der Waals surface area contributed by atoms with Gasteiger partial charge in [0.25, 0.3) is 5.91 Å². The molecule has 4 nitrogen and oxygen atoms in total. The number of hydrogen-bond acceptors (Lipinski definition) is 3. The van der Waals surface area contributed by atoms with Crippen LogP contribution in [0.15, 0.2) is 36.2 Å². The van der Waals surface area contributed by atoms with E-state index >= 15 is 0 Å². The van der Waals surface area contributed by atoms with E-state index < -0.39 is 0 Å². The standard InChI is InChI=1S/C13H15N3OS/c1-9-4-6-10(7-5-9)16-12(17)11(8-15(2)3)14-13(16)18/h4-8H,1-3H3,(H,14,18)/b11-8-. The van der Waals surface area contributed by atoms with Crippen molar-refractivity contribution >= 4 is 28.9 Å². The van der Waals surface area contributed by atoms with Crippen molar-refractivity contribution in [1.29, 1.82) is 0 Å². The van der Waals surface area contributed by atoms with Crippen molar-refractivity contribution in [3.05, 3.63) is 41.7 Å². The number of carbonyl (C=O) groups is 1. The minimum atomic E-state index is -0.127. The molecule has 94 valence electrons. The zero-order chi connectivity index (χ0) is 13.3. The molecule has 0 bridgehead atoms. The number of hydrogen-bond donors (Lipinski definition) is 1. The first-order chi connectivity index (χ1) is 8.49. The average molecular weight is 261 g/mol. The van der Waals surface area contributed by atoms with Crippen LogP contribution in [-0.2, 0) is 4.79 Å². The number of nitrogens with zero attached hydrogens (tertiary/aromatic N) is 2. The van der Waals surface area contributed by atoms with E-state index in [-0.39, 0.29) is 5.91 Å². The summed E-state index contributed by atoms with van der Waals surface area (Å²) < 4.78 is 0. The third kappa shape index (κ3) is 2.36. The molecule has 0 atom stereocenters. The van der Waals surface area contributed by atoms with Crippen molar-refractivity contribution in [2.24, 2.45) is 0 Å². The molecular weight excluding hydrogens is 246 g/mol. The molecule has 1 saturated heterocycles. The Morgan fingerprint density at radius 1 is 1.28 bits per heavy atom. The van der Waals surface area contributed by atoms with Crippen LogP contribution in [0.25, 0.3) is 0 Å². The van der Waals surface area contributed by atoms with Crippen LogP contribution in [0.4, 0.5) is 5.69 Å². The number of nitrogens with one attached hydrogen (secondary N) is 1. The van der Waals surface area contributed by atoms with Gasteiger partial charge in [0, 0.05) is 20.3 Å². The summed E-state index contributed by atoms with van der Waals surface area (Å²) in [6.07, 6.45) is 1.73. The van der Waals surface area contributed by atoms with Gasteiger partial charge >= 0.3 is 0 Å². The molecule has 0 aliphatic carbocycles. The van der Waals surface area contributed by atoms with Gasteiger partial charge in [-0.15, -0.1) is 0 Å². The summed E-state index contributed by atoms with van der Waals surface area (Å²) >= 11 is 5.20. The lowest BCUT2D eigenvalue weighted by Crippen LogP contribution is -2.30. The van der Waals surface area contributed by atoms with Crippen molar-refractivity contribution in [3.63, 3.8) is 0 Å². The highest BCUT2D eigenvalue weighted by molar-refractivity contribution is 7.80. The molecule has 1 N–H and O–H groups in total. The summed E-state index contributed by atoms with van der Waals surface area (Å²) in [7, 11) is 3.72. The molecule has 0 radical (unpaired) electrons. The van der Waals surface area contributed by atoms with Crippen molar-refractivity contribution in [1.82, 2.24) is 10.2 Å². The lowest BCUT2D eigenvalue weighted by Gasteiger charge is -2.14. The molecule has 18 heavy (non-hydrogen) atoms. The smallest absolute Gasteiger partial charge is 0.282 e. The average Bonchev–Trinajstić information content (AvgIpc) is 2.55. The van der Waals surface area contributed by atoms with E-state index in [1.54, 1.807) is 6.20 Å². The van der Waals surface area contributed by atoms with Gasteiger partial charge in [0.15, 0.2) is 5.11 Å². The highest BCUT2D eigenvalue weighted by Gasteiger charge is 2.31. The first kappa shape index (κ1) is 12.6. The third-order valence-corrected chi connectivity index (χ3v) is 2.84. The second-order valence-corrected chi connectivity index (χ2v) is 4.80. The quantitative estimate of drug-likeness (QED) is 0.648. The number of anilines is 1. The Labute approximate surface area is 112 Å². The summed E-state index contributed by atoms with van der Waals surface area (Å²) in [5.41, 5.74) is 2.42. The number of carbonyl (C=O) groups excluding carboxylic acids is 1. The Kier molecular flexibility index (Phi) is 3.34. The fourth-order valence-electron chi connectivity index (χ4n) is 1.71. The van der Waals surface area contributed by atoms with Gasteiger partial charge in [-0.2, -0.15) is 0 Å². The second-order valence-electron chi connectivity index (χ2n) is 4.41. The molecule has 0 saturated carbocycles. The van der Waals surface area contributed by atoms with Crippen LogP contribution in [-0.4, -0.2) is 30.0 Å². The minimum absolute atomic E-state index is 0.127. The topological polar surface area (TPSA) is 35.6 Å². The van der Waals surface area contributed by atoms with Gasteiger partial charge in [-0.25, -0.2) is 0 Å². The SMILES string of the molecule is Cc1ccc(N2C(=O)/C(=C/N(C)C)NC2=S)cc1. The first-order valence-corrected chi connectivity index (χ1v) is 6.00. The maximum atomic E-state index is 12.2. The summed E-state index contributed by atoms with van der Waals surface area (Å²) in [6, 6.07) is 7.69. The van der Waals surface area contributed by atoms with E-state index in [1.807, 2.05) is 50.2 Å². The number of benzene rings is 1. The van der Waals surface area contributed by atoms with Gasteiger partial charge in [-0.05, 0) is 31.3 Å². The van der Waals surface area contributed by atoms with Gasteiger partial charge in [0.2, 0.25) is 0 Å². The molecule has 1 aliphatic rings. The molecular formula is C13H15N3OS. The van der Waals surface area contributed by atoms with Crippen molar-refractivity contribution < 1.29 is 4.79 Å². The molecule has 1 aliphatic heterocycles. The molecule has 0 aromatic heterocycles. The van der Waals surface area contributed by atoms with Gasteiger partial charge in [0.1, 0.15) is 5.70 Å². The molecule has 0 unspecified atom stereocenters. The Morgan fingerprint density at radius 3 is 2.44 bits per heavy atom. The maximum Gasteiger partial charge on any atom is 0.282 e. The van der Waals surface area contributed by atoms with Gasteiger partial charge in [-0.1, -0.05) is 17.7 Å². The van der Waals surface area contributed by atoms with E-state index in [1.165, 1.54) is 4.90 Å². The minimum Gasteiger partial charge on any atom is -0.382 e. The predicted molar refractivity (Wildman–Crippen MR) is 76.2 cm³/mol. The zero-order valence-corrected chi connectivity index (χ0v) is 11.4. The molecule has 0 spiro atoms. The predicted octanol–water partition coefficient (Wildman–Crippen LogP) is 1.62. The largest absolute Gasteiger partial charge is 0.382 e. The van der Waals surface area contributed by atoms with Crippen LogP contribution >= 0.6 is 12.2 Å². The number of thiocarbonyl (C=S) groups is 1. The Bertz CT molecular complexity index is 520. The monoisotopic (exact) mass is 261 g/mol. The van der Waals surface area contributed by atoms with Crippen molar-refractivity contribution in [2.45, 2.75) is 6.92 Å². The Morgan fingerprint density at radius 2 is 1.89 bits per heavy atom. The van der Waals surface area contributed by atoms with E-state index in [9.17, 15) is 4.79 Å². The maximum absolute atomic E-state index is 12.2. The van der Waals surface area contributed by atoms with E-state index in [4.69, 9.17) is 12.2 Å². The molecule has 2 rings (SSSR count). The van der Waals surface area contributed by atoms with E-state index in [0.717, 1.165) is 11.3 Å². The van der Waals surface area contributed by atoms with Gasteiger partial charge < -0.3 is 10.2 Å². The summed E-state index contributed by atoms with van der Waals surface area (Å²) in [4.78, 5) is 15.5. The molecule has 5 heteroatoms. The van der Waals surface area contributed by atoms with Crippen LogP contribution in [0.5, 0.6) is 0 Å². The molecule has 1 aromatic rings. The van der Waals surface area contributed by atoms with Crippen molar-refractivity contribution in [3.8, 4) is 0 Å². The van der Waals surface area contributed by atoms with Crippen LogP contribution in [0.3, 0.4) is 0 Å².